The molecule has 3 aromatic rings. The lowest BCUT2D eigenvalue weighted by atomic mass is 10.1. The van der Waals surface area contributed by atoms with Crippen molar-refractivity contribution in [2.45, 2.75) is 0 Å². The van der Waals surface area contributed by atoms with Gasteiger partial charge in [-0.1, -0.05) is 30.3 Å². The van der Waals surface area contributed by atoms with Gasteiger partial charge in [-0.25, -0.2) is 13.4 Å². The highest BCUT2D eigenvalue weighted by molar-refractivity contribution is 7.92. The molecule has 0 aliphatic heterocycles. The number of rotatable bonds is 3. The minimum absolute atomic E-state index is 0.457. The van der Waals surface area contributed by atoms with E-state index >= 15 is 0 Å². The topological polar surface area (TPSA) is 85.1 Å². The summed E-state index contributed by atoms with van der Waals surface area (Å²) in [6, 6.07) is 11.3. The number of aromatic nitrogens is 1. The molecule has 7 heteroatoms. The molecule has 0 amide bonds. The Morgan fingerprint density at radius 3 is 2.57 bits per heavy atom. The second-order valence-corrected chi connectivity index (χ2v) is 7.37. The minimum Gasteiger partial charge on any atom is -0.397 e. The van der Waals surface area contributed by atoms with Crippen LogP contribution in [0.3, 0.4) is 0 Å². The third-order valence-electron chi connectivity index (χ3n) is 2.96. The number of nitrogens with one attached hydrogen (secondary N) is 1. The van der Waals surface area contributed by atoms with Gasteiger partial charge in [-0.05, 0) is 11.6 Å². The first-order valence-electron chi connectivity index (χ1n) is 6.16. The molecule has 0 atom stereocenters. The van der Waals surface area contributed by atoms with E-state index in [-0.39, 0.29) is 0 Å². The molecule has 0 aliphatic carbocycles. The number of hydrogen-bond donors (Lipinski definition) is 2. The van der Waals surface area contributed by atoms with Gasteiger partial charge in [-0.3, -0.25) is 4.72 Å². The van der Waals surface area contributed by atoms with Crippen LogP contribution in [0.2, 0.25) is 0 Å². The fourth-order valence-electron chi connectivity index (χ4n) is 2.13. The van der Waals surface area contributed by atoms with Gasteiger partial charge in [-0.15, -0.1) is 11.3 Å². The molecular formula is C14H13N3O2S2. The molecule has 0 saturated carbocycles. The molecule has 1 aromatic carbocycles. The Balaban J connectivity index is 2.24. The van der Waals surface area contributed by atoms with Crippen LogP contribution in [-0.4, -0.2) is 19.7 Å². The molecule has 0 bridgehead atoms. The van der Waals surface area contributed by atoms with Crippen molar-refractivity contribution in [2.24, 2.45) is 0 Å². The highest BCUT2D eigenvalue weighted by Gasteiger charge is 2.16. The van der Waals surface area contributed by atoms with Crippen molar-refractivity contribution in [1.29, 1.82) is 0 Å². The number of nitrogens with two attached hydrogens (primary N) is 1. The Bertz CT molecular complexity index is 903. The lowest BCUT2D eigenvalue weighted by Crippen LogP contribution is -2.10. The van der Waals surface area contributed by atoms with Crippen molar-refractivity contribution in [3.63, 3.8) is 0 Å². The molecule has 0 spiro atoms. The number of nitrogens with zero attached hydrogens (tertiary/aromatic N) is 1. The summed E-state index contributed by atoms with van der Waals surface area (Å²) in [7, 11) is -3.37. The standard InChI is InChI=1S/C14H13N3O2S2/c1-21(18,19)17-10-7-8-16-14-11(10)12(15)13(20-14)9-5-3-2-4-6-9/h2-8H,15H2,1H3,(H,16,17). The van der Waals surface area contributed by atoms with E-state index in [1.54, 1.807) is 12.3 Å². The number of nitrogen functional groups attached to an aromatic ring is 1. The smallest absolute Gasteiger partial charge is 0.229 e. The monoisotopic (exact) mass is 319 g/mol. The molecular weight excluding hydrogens is 306 g/mol. The second-order valence-electron chi connectivity index (χ2n) is 4.62. The van der Waals surface area contributed by atoms with Gasteiger partial charge in [0, 0.05) is 6.20 Å². The average molecular weight is 319 g/mol. The maximum Gasteiger partial charge on any atom is 0.229 e. The van der Waals surface area contributed by atoms with E-state index in [0.717, 1.165) is 16.7 Å². The number of hydrogen-bond acceptors (Lipinski definition) is 5. The molecule has 0 aliphatic rings. The maximum absolute atomic E-state index is 11.5. The van der Waals surface area contributed by atoms with Crippen LogP contribution in [0.25, 0.3) is 20.7 Å². The third kappa shape index (κ3) is 2.70. The number of pyridine rings is 1. The van der Waals surface area contributed by atoms with Crippen LogP contribution in [0, 0.1) is 0 Å². The largest absolute Gasteiger partial charge is 0.397 e. The van der Waals surface area contributed by atoms with E-state index < -0.39 is 10.0 Å². The molecule has 0 fully saturated rings. The van der Waals surface area contributed by atoms with Crippen molar-refractivity contribution in [3.05, 3.63) is 42.6 Å². The molecule has 21 heavy (non-hydrogen) atoms. The van der Waals surface area contributed by atoms with Crippen molar-refractivity contribution >= 4 is 43.0 Å². The van der Waals surface area contributed by atoms with Crippen molar-refractivity contribution < 1.29 is 8.42 Å². The zero-order valence-corrected chi connectivity index (χ0v) is 12.8. The fourth-order valence-corrected chi connectivity index (χ4v) is 3.80. The first kappa shape index (κ1) is 13.8. The van der Waals surface area contributed by atoms with Crippen LogP contribution >= 0.6 is 11.3 Å². The number of sulfonamides is 1. The minimum atomic E-state index is -3.37. The molecule has 2 aromatic heterocycles. The molecule has 108 valence electrons. The summed E-state index contributed by atoms with van der Waals surface area (Å²) >= 11 is 1.45. The van der Waals surface area contributed by atoms with Crippen LogP contribution in [0.4, 0.5) is 11.4 Å². The quantitative estimate of drug-likeness (QED) is 0.777. The van der Waals surface area contributed by atoms with Crippen LogP contribution in [0.5, 0.6) is 0 Å². The van der Waals surface area contributed by atoms with E-state index in [0.29, 0.717) is 21.6 Å². The summed E-state index contributed by atoms with van der Waals surface area (Å²) in [6.07, 6.45) is 2.68. The van der Waals surface area contributed by atoms with Crippen molar-refractivity contribution in [1.82, 2.24) is 4.98 Å². The van der Waals surface area contributed by atoms with Gasteiger partial charge in [0.2, 0.25) is 10.0 Å². The van der Waals surface area contributed by atoms with Gasteiger partial charge < -0.3 is 5.73 Å². The third-order valence-corrected chi connectivity index (χ3v) is 4.71. The van der Waals surface area contributed by atoms with E-state index in [1.165, 1.54) is 11.3 Å². The van der Waals surface area contributed by atoms with E-state index in [1.807, 2.05) is 30.3 Å². The second kappa shape index (κ2) is 5.01. The van der Waals surface area contributed by atoms with E-state index in [4.69, 9.17) is 5.73 Å². The summed E-state index contributed by atoms with van der Waals surface area (Å²) < 4.78 is 25.4. The molecule has 3 N–H and O–H groups in total. The van der Waals surface area contributed by atoms with Crippen LogP contribution in [0.1, 0.15) is 0 Å². The predicted molar refractivity (Wildman–Crippen MR) is 87.9 cm³/mol. The molecule has 2 heterocycles. The summed E-state index contributed by atoms with van der Waals surface area (Å²) in [4.78, 5) is 5.88. The predicted octanol–water partition coefficient (Wildman–Crippen LogP) is 2.92. The van der Waals surface area contributed by atoms with Crippen LogP contribution in [0.15, 0.2) is 42.6 Å². The number of benzene rings is 1. The molecule has 3 rings (SSSR count). The summed E-state index contributed by atoms with van der Waals surface area (Å²) in [5.74, 6) is 0. The highest BCUT2D eigenvalue weighted by atomic mass is 32.2. The first-order valence-corrected chi connectivity index (χ1v) is 8.87. The maximum atomic E-state index is 11.5. The normalized spacial score (nSPS) is 11.7. The van der Waals surface area contributed by atoms with Gasteiger partial charge in [0.05, 0.1) is 27.9 Å². The zero-order valence-electron chi connectivity index (χ0n) is 11.2. The van der Waals surface area contributed by atoms with Gasteiger partial charge in [0.15, 0.2) is 0 Å². The summed E-state index contributed by atoms with van der Waals surface area (Å²) in [6.45, 7) is 0. The molecule has 0 unspecified atom stereocenters. The van der Waals surface area contributed by atoms with Gasteiger partial charge >= 0.3 is 0 Å². The molecule has 0 radical (unpaired) electrons. The summed E-state index contributed by atoms with van der Waals surface area (Å²) in [5, 5.41) is 0.645. The Labute approximate surface area is 126 Å². The summed E-state index contributed by atoms with van der Waals surface area (Å²) in [5.41, 5.74) is 8.21. The van der Waals surface area contributed by atoms with Crippen molar-refractivity contribution in [3.8, 4) is 10.4 Å². The number of fused-ring (bicyclic) bond motifs is 1. The Hall–Kier alpha value is -2.12. The average Bonchev–Trinajstić information content (AvgIpc) is 2.77. The van der Waals surface area contributed by atoms with Crippen LogP contribution < -0.4 is 10.5 Å². The first-order chi connectivity index (χ1) is 9.96. The van der Waals surface area contributed by atoms with Gasteiger partial charge in [0.1, 0.15) is 4.83 Å². The van der Waals surface area contributed by atoms with Gasteiger partial charge in [0.25, 0.3) is 0 Å². The Morgan fingerprint density at radius 1 is 1.19 bits per heavy atom. The highest BCUT2D eigenvalue weighted by Crippen LogP contribution is 2.42. The lowest BCUT2D eigenvalue weighted by molar-refractivity contribution is 0.607. The number of anilines is 2. The number of thiophene rings is 1. The lowest BCUT2D eigenvalue weighted by Gasteiger charge is -2.06. The molecule has 5 nitrogen and oxygen atoms in total. The Kier molecular flexibility index (Phi) is 3.30. The SMILES string of the molecule is CS(=O)(=O)Nc1ccnc2sc(-c3ccccc3)c(N)c12. The van der Waals surface area contributed by atoms with Crippen LogP contribution in [-0.2, 0) is 10.0 Å². The van der Waals surface area contributed by atoms with Gasteiger partial charge in [-0.2, -0.15) is 0 Å². The fraction of sp³-hybridized carbons (Fsp3) is 0.0714. The molecule has 0 saturated heterocycles. The van der Waals surface area contributed by atoms with E-state index in [2.05, 4.69) is 9.71 Å². The zero-order chi connectivity index (χ0) is 15.0. The Morgan fingerprint density at radius 2 is 1.90 bits per heavy atom. The van der Waals surface area contributed by atoms with E-state index in [9.17, 15) is 8.42 Å². The van der Waals surface area contributed by atoms with Crippen molar-refractivity contribution in [2.75, 3.05) is 16.7 Å².